The van der Waals surface area contributed by atoms with Crippen molar-refractivity contribution in [2.24, 2.45) is 0 Å². The van der Waals surface area contributed by atoms with Crippen LogP contribution in [0.3, 0.4) is 0 Å². The number of hydrogen-bond acceptors (Lipinski definition) is 5. The number of thiazole rings is 1. The van der Waals surface area contributed by atoms with Gasteiger partial charge in [0.2, 0.25) is 0 Å². The summed E-state index contributed by atoms with van der Waals surface area (Å²) in [4.78, 5) is 16.1. The van der Waals surface area contributed by atoms with Crippen LogP contribution in [0.15, 0.2) is 22.4 Å². The van der Waals surface area contributed by atoms with E-state index in [9.17, 15) is 13.2 Å². The molecular formula is C12H10Cl2N2O3S2. The van der Waals surface area contributed by atoms with Gasteiger partial charge in [-0.1, -0.05) is 35.1 Å². The van der Waals surface area contributed by atoms with Crippen molar-refractivity contribution in [3.8, 4) is 0 Å². The molecular weight excluding hydrogens is 355 g/mol. The van der Waals surface area contributed by atoms with Crippen molar-refractivity contribution in [3.63, 3.8) is 0 Å². The normalized spacial score (nSPS) is 11.4. The Bertz CT molecular complexity index is 816. The number of nitrogens with zero attached hydrogens (tertiary/aromatic N) is 1. The summed E-state index contributed by atoms with van der Waals surface area (Å²) in [5, 5.41) is 3.01. The average Bonchev–Trinajstić information content (AvgIpc) is 2.73. The molecule has 0 saturated heterocycles. The molecule has 0 aliphatic rings. The first-order valence-corrected chi connectivity index (χ1v) is 9.19. The molecule has 2 rings (SSSR count). The Labute approximate surface area is 135 Å². The molecule has 1 heterocycles. The number of carbonyl (C=O) groups is 1. The molecule has 0 bridgehead atoms. The SMILES string of the molecule is Cc1cccc(C(=O)Nc2nc(C)c(S(=O)(=O)Cl)s2)c1Cl. The van der Waals surface area contributed by atoms with Crippen LogP contribution in [-0.4, -0.2) is 19.3 Å². The molecule has 0 aliphatic carbocycles. The summed E-state index contributed by atoms with van der Waals surface area (Å²) in [6, 6.07) is 5.06. The average molecular weight is 365 g/mol. The highest BCUT2D eigenvalue weighted by atomic mass is 35.7. The second-order valence-electron chi connectivity index (χ2n) is 4.22. The minimum absolute atomic E-state index is 0.0881. The predicted molar refractivity (Wildman–Crippen MR) is 84.0 cm³/mol. The van der Waals surface area contributed by atoms with E-state index in [-0.39, 0.29) is 15.0 Å². The molecule has 0 radical (unpaired) electrons. The minimum atomic E-state index is -3.88. The lowest BCUT2D eigenvalue weighted by Crippen LogP contribution is -2.12. The van der Waals surface area contributed by atoms with Gasteiger partial charge in [0, 0.05) is 10.7 Å². The molecule has 0 spiro atoms. The van der Waals surface area contributed by atoms with Gasteiger partial charge in [-0.2, -0.15) is 0 Å². The summed E-state index contributed by atoms with van der Waals surface area (Å²) in [7, 11) is 1.41. The third kappa shape index (κ3) is 3.55. The van der Waals surface area contributed by atoms with Crippen LogP contribution < -0.4 is 5.32 Å². The van der Waals surface area contributed by atoms with E-state index in [2.05, 4.69) is 10.3 Å². The van der Waals surface area contributed by atoms with Gasteiger partial charge in [-0.05, 0) is 25.5 Å². The largest absolute Gasteiger partial charge is 0.298 e. The number of amides is 1. The monoisotopic (exact) mass is 364 g/mol. The fourth-order valence-corrected chi connectivity index (χ4v) is 4.21. The maximum Gasteiger partial charge on any atom is 0.272 e. The number of nitrogens with one attached hydrogen (secondary N) is 1. The maximum atomic E-state index is 12.1. The van der Waals surface area contributed by atoms with E-state index in [1.165, 1.54) is 6.92 Å². The number of benzene rings is 1. The highest BCUT2D eigenvalue weighted by molar-refractivity contribution is 8.15. The number of carbonyl (C=O) groups excluding carboxylic acids is 1. The molecule has 0 unspecified atom stereocenters. The first-order chi connectivity index (χ1) is 9.70. The standard InChI is InChI=1S/C12H10Cl2N2O3S2/c1-6-4-3-5-8(9(6)13)10(17)16-12-15-7(2)11(20-12)21(14,18)19/h3-5H,1-2H3,(H,15,16,17). The number of aryl methyl sites for hydroxylation is 2. The number of aromatic nitrogens is 1. The van der Waals surface area contributed by atoms with Crippen LogP contribution in [-0.2, 0) is 9.05 Å². The lowest BCUT2D eigenvalue weighted by atomic mass is 10.1. The van der Waals surface area contributed by atoms with E-state index in [0.717, 1.165) is 16.9 Å². The van der Waals surface area contributed by atoms with E-state index in [4.69, 9.17) is 22.3 Å². The lowest BCUT2D eigenvalue weighted by molar-refractivity contribution is 0.102. The third-order valence-corrected chi connectivity index (χ3v) is 6.39. The predicted octanol–water partition coefficient (Wildman–Crippen LogP) is 3.59. The van der Waals surface area contributed by atoms with Crippen molar-refractivity contribution < 1.29 is 13.2 Å². The summed E-state index contributed by atoms with van der Waals surface area (Å²) in [5.74, 6) is -0.462. The highest BCUT2D eigenvalue weighted by Gasteiger charge is 2.21. The summed E-state index contributed by atoms with van der Waals surface area (Å²) >= 11 is 6.86. The van der Waals surface area contributed by atoms with Gasteiger partial charge in [-0.25, -0.2) is 13.4 Å². The Morgan fingerprint density at radius 3 is 2.57 bits per heavy atom. The minimum Gasteiger partial charge on any atom is -0.298 e. The summed E-state index contributed by atoms with van der Waals surface area (Å²) < 4.78 is 22.6. The zero-order chi connectivity index (χ0) is 15.8. The van der Waals surface area contributed by atoms with Gasteiger partial charge >= 0.3 is 0 Å². The van der Waals surface area contributed by atoms with Crippen molar-refractivity contribution in [3.05, 3.63) is 40.0 Å². The van der Waals surface area contributed by atoms with Gasteiger partial charge in [-0.15, -0.1) is 0 Å². The smallest absolute Gasteiger partial charge is 0.272 e. The Hall–Kier alpha value is -1.15. The number of rotatable bonds is 3. The van der Waals surface area contributed by atoms with Gasteiger partial charge < -0.3 is 0 Å². The second kappa shape index (κ2) is 5.92. The topological polar surface area (TPSA) is 76.1 Å². The van der Waals surface area contributed by atoms with Gasteiger partial charge in [0.1, 0.15) is 0 Å². The molecule has 1 amide bonds. The summed E-state index contributed by atoms with van der Waals surface area (Å²) in [6.45, 7) is 3.28. The van der Waals surface area contributed by atoms with Crippen molar-refractivity contribution in [2.45, 2.75) is 18.1 Å². The van der Waals surface area contributed by atoms with Crippen molar-refractivity contribution >= 4 is 53.7 Å². The molecule has 1 aromatic carbocycles. The van der Waals surface area contributed by atoms with Crippen LogP contribution in [0.4, 0.5) is 5.13 Å². The van der Waals surface area contributed by atoms with Crippen LogP contribution in [0.25, 0.3) is 0 Å². The Morgan fingerprint density at radius 1 is 1.33 bits per heavy atom. The molecule has 9 heteroatoms. The van der Waals surface area contributed by atoms with Crippen LogP contribution in [0.2, 0.25) is 5.02 Å². The molecule has 112 valence electrons. The molecule has 1 aromatic heterocycles. The first kappa shape index (κ1) is 16.2. The van der Waals surface area contributed by atoms with Crippen LogP contribution >= 0.6 is 33.6 Å². The van der Waals surface area contributed by atoms with E-state index >= 15 is 0 Å². The Kier molecular flexibility index (Phi) is 4.57. The van der Waals surface area contributed by atoms with Gasteiger partial charge in [-0.3, -0.25) is 10.1 Å². The molecule has 1 N–H and O–H groups in total. The zero-order valence-electron chi connectivity index (χ0n) is 11.0. The highest BCUT2D eigenvalue weighted by Crippen LogP contribution is 2.30. The van der Waals surface area contributed by atoms with E-state index in [0.29, 0.717) is 10.6 Å². The number of anilines is 1. The molecule has 0 fully saturated rings. The molecule has 0 saturated carbocycles. The fourth-order valence-electron chi connectivity index (χ4n) is 1.65. The molecule has 0 atom stereocenters. The fraction of sp³-hybridized carbons (Fsp3) is 0.167. The van der Waals surface area contributed by atoms with Crippen LogP contribution in [0.5, 0.6) is 0 Å². The van der Waals surface area contributed by atoms with Crippen molar-refractivity contribution in [1.82, 2.24) is 4.98 Å². The van der Waals surface area contributed by atoms with Gasteiger partial charge in [0.05, 0.1) is 16.3 Å². The second-order valence-corrected chi connectivity index (χ2v) is 8.36. The van der Waals surface area contributed by atoms with Crippen LogP contribution in [0.1, 0.15) is 21.6 Å². The molecule has 2 aromatic rings. The Morgan fingerprint density at radius 2 is 2.00 bits per heavy atom. The first-order valence-electron chi connectivity index (χ1n) is 5.68. The van der Waals surface area contributed by atoms with Gasteiger partial charge in [0.15, 0.2) is 9.34 Å². The zero-order valence-corrected chi connectivity index (χ0v) is 14.1. The van der Waals surface area contributed by atoms with Crippen molar-refractivity contribution in [2.75, 3.05) is 5.32 Å². The van der Waals surface area contributed by atoms with E-state index < -0.39 is 15.0 Å². The van der Waals surface area contributed by atoms with Crippen molar-refractivity contribution in [1.29, 1.82) is 0 Å². The van der Waals surface area contributed by atoms with Crippen LogP contribution in [0, 0.1) is 13.8 Å². The van der Waals surface area contributed by atoms with Gasteiger partial charge in [0.25, 0.3) is 15.0 Å². The number of halogens is 2. The quantitative estimate of drug-likeness (QED) is 0.844. The third-order valence-electron chi connectivity index (χ3n) is 2.63. The summed E-state index contributed by atoms with van der Waals surface area (Å²) in [6.07, 6.45) is 0. The lowest BCUT2D eigenvalue weighted by Gasteiger charge is -2.05. The number of hydrogen-bond donors (Lipinski definition) is 1. The summed E-state index contributed by atoms with van der Waals surface area (Å²) in [5.41, 5.74) is 1.30. The Balaban J connectivity index is 2.31. The molecule has 0 aliphatic heterocycles. The molecule has 21 heavy (non-hydrogen) atoms. The molecule has 5 nitrogen and oxygen atoms in total. The van der Waals surface area contributed by atoms with E-state index in [1.807, 2.05) is 0 Å². The van der Waals surface area contributed by atoms with E-state index in [1.54, 1.807) is 25.1 Å². The maximum absolute atomic E-state index is 12.1.